The van der Waals surface area contributed by atoms with Crippen LogP contribution in [0.5, 0.6) is 0 Å². The average molecular weight is 381 g/mol. The van der Waals surface area contributed by atoms with Crippen LogP contribution < -0.4 is 0 Å². The van der Waals surface area contributed by atoms with E-state index in [1.54, 1.807) is 67.3 Å². The molecule has 0 aliphatic carbocycles. The van der Waals surface area contributed by atoms with Crippen LogP contribution in [-0.4, -0.2) is 33.8 Å². The van der Waals surface area contributed by atoms with Gasteiger partial charge in [-0.2, -0.15) is 4.31 Å². The topological polar surface area (TPSA) is 83.4 Å². The molecule has 4 rings (SSSR count). The monoisotopic (exact) mass is 381 g/mol. The second-order valence-corrected chi connectivity index (χ2v) is 8.38. The Hall–Kier alpha value is -2.61. The van der Waals surface area contributed by atoms with Crippen molar-refractivity contribution >= 4 is 10.0 Å². The molecule has 27 heavy (non-hydrogen) atoms. The smallest absolute Gasteiger partial charge is 0.244 e. The fourth-order valence-corrected chi connectivity index (χ4v) is 5.33. The number of fused-ring (bicyclic) bond motifs is 1. The molecule has 7 heteroatoms. The lowest BCUT2D eigenvalue weighted by molar-refractivity contribution is 0.0769. The van der Waals surface area contributed by atoms with Gasteiger partial charge >= 0.3 is 0 Å². The second kappa shape index (κ2) is 7.19. The largest absolute Gasteiger partial charge is 0.387 e. The van der Waals surface area contributed by atoms with Gasteiger partial charge in [0.25, 0.3) is 0 Å². The Kier molecular flexibility index (Phi) is 4.73. The standard InChI is InChI=1S/C20H19N3O3S/c24-20-17-5-1-2-6-19(17)27(25,26)23(14-15-7-10-21-11-8-15)18(20)12-16-4-3-9-22-13-16/h1-11,13,18,20,24H,12,14H2/t18-,20+/m0/s1. The summed E-state index contributed by atoms with van der Waals surface area (Å²) in [5.41, 5.74) is 2.13. The van der Waals surface area contributed by atoms with Crippen molar-refractivity contribution in [2.24, 2.45) is 0 Å². The van der Waals surface area contributed by atoms with Gasteiger partial charge in [-0.1, -0.05) is 24.3 Å². The number of hydrogen-bond donors (Lipinski definition) is 1. The fourth-order valence-electron chi connectivity index (χ4n) is 3.47. The van der Waals surface area contributed by atoms with E-state index in [1.807, 2.05) is 6.07 Å². The van der Waals surface area contributed by atoms with Crippen molar-refractivity contribution < 1.29 is 13.5 Å². The predicted octanol–water partition coefficient (Wildman–Crippen LogP) is 2.33. The molecular formula is C20H19N3O3S. The van der Waals surface area contributed by atoms with Crippen molar-refractivity contribution in [2.75, 3.05) is 0 Å². The van der Waals surface area contributed by atoms with Crippen LogP contribution in [0.2, 0.25) is 0 Å². The highest BCUT2D eigenvalue weighted by molar-refractivity contribution is 7.89. The highest BCUT2D eigenvalue weighted by Gasteiger charge is 2.43. The number of hydrogen-bond acceptors (Lipinski definition) is 5. The number of sulfonamides is 1. The van der Waals surface area contributed by atoms with Crippen LogP contribution in [0, 0.1) is 0 Å². The third kappa shape index (κ3) is 3.37. The van der Waals surface area contributed by atoms with E-state index in [2.05, 4.69) is 9.97 Å². The fraction of sp³-hybridized carbons (Fsp3) is 0.200. The molecule has 0 saturated carbocycles. The van der Waals surface area contributed by atoms with Crippen molar-refractivity contribution in [1.82, 2.24) is 14.3 Å². The minimum atomic E-state index is -3.75. The highest BCUT2D eigenvalue weighted by Crippen LogP contribution is 2.38. The van der Waals surface area contributed by atoms with Gasteiger partial charge in [-0.3, -0.25) is 9.97 Å². The first kappa shape index (κ1) is 17.8. The molecule has 138 valence electrons. The number of aliphatic hydroxyl groups is 1. The van der Waals surface area contributed by atoms with Gasteiger partial charge < -0.3 is 5.11 Å². The van der Waals surface area contributed by atoms with E-state index >= 15 is 0 Å². The summed E-state index contributed by atoms with van der Waals surface area (Å²) < 4.78 is 28.1. The molecule has 0 radical (unpaired) electrons. The third-order valence-corrected chi connectivity index (χ3v) is 6.76. The molecule has 0 bridgehead atoms. The van der Waals surface area contributed by atoms with Crippen LogP contribution in [0.1, 0.15) is 22.8 Å². The molecule has 0 unspecified atom stereocenters. The van der Waals surface area contributed by atoms with Gasteiger partial charge in [0.05, 0.1) is 17.0 Å². The Morgan fingerprint density at radius 1 is 0.926 bits per heavy atom. The molecule has 0 spiro atoms. The first-order valence-electron chi connectivity index (χ1n) is 8.64. The summed E-state index contributed by atoms with van der Waals surface area (Å²) in [7, 11) is -3.75. The Balaban J connectivity index is 1.80. The minimum absolute atomic E-state index is 0.161. The van der Waals surface area contributed by atoms with Gasteiger partial charge in [-0.05, 0) is 41.8 Å². The zero-order valence-corrected chi connectivity index (χ0v) is 15.3. The SMILES string of the molecule is O=S1(=O)c2ccccc2[C@@H](O)[C@H](Cc2cccnc2)N1Cc1ccncc1. The summed E-state index contributed by atoms with van der Waals surface area (Å²) >= 11 is 0. The Morgan fingerprint density at radius 2 is 1.70 bits per heavy atom. The van der Waals surface area contributed by atoms with Crippen LogP contribution in [0.4, 0.5) is 0 Å². The lowest BCUT2D eigenvalue weighted by Gasteiger charge is -2.39. The quantitative estimate of drug-likeness (QED) is 0.750. The third-order valence-electron chi connectivity index (χ3n) is 4.81. The van der Waals surface area contributed by atoms with E-state index in [1.165, 1.54) is 4.31 Å². The van der Waals surface area contributed by atoms with Gasteiger partial charge in [0.1, 0.15) is 0 Å². The van der Waals surface area contributed by atoms with E-state index in [9.17, 15) is 13.5 Å². The molecule has 1 aromatic carbocycles. The van der Waals surface area contributed by atoms with Gasteiger partial charge in [0.2, 0.25) is 10.0 Å². The van der Waals surface area contributed by atoms with Gasteiger partial charge in [0, 0.05) is 36.9 Å². The number of rotatable bonds is 4. The number of benzene rings is 1. The maximum absolute atomic E-state index is 13.3. The molecule has 2 atom stereocenters. The van der Waals surface area contributed by atoms with Gasteiger partial charge in [0.15, 0.2) is 0 Å². The van der Waals surface area contributed by atoms with Crippen LogP contribution in [0.25, 0.3) is 0 Å². The van der Waals surface area contributed by atoms with Gasteiger partial charge in [-0.25, -0.2) is 8.42 Å². The van der Waals surface area contributed by atoms with Crippen LogP contribution in [-0.2, 0) is 23.0 Å². The van der Waals surface area contributed by atoms with E-state index in [-0.39, 0.29) is 11.4 Å². The van der Waals surface area contributed by atoms with E-state index in [0.717, 1.165) is 11.1 Å². The van der Waals surface area contributed by atoms with Crippen LogP contribution in [0.15, 0.2) is 78.2 Å². The molecule has 1 aliphatic rings. The van der Waals surface area contributed by atoms with Crippen molar-refractivity contribution in [1.29, 1.82) is 0 Å². The highest BCUT2D eigenvalue weighted by atomic mass is 32.2. The zero-order chi connectivity index (χ0) is 18.9. The zero-order valence-electron chi connectivity index (χ0n) is 14.5. The van der Waals surface area contributed by atoms with E-state index in [0.29, 0.717) is 12.0 Å². The van der Waals surface area contributed by atoms with Crippen molar-refractivity contribution in [3.8, 4) is 0 Å². The first-order valence-corrected chi connectivity index (χ1v) is 10.1. The molecule has 2 aromatic heterocycles. The molecule has 6 nitrogen and oxygen atoms in total. The summed E-state index contributed by atoms with van der Waals surface area (Å²) in [4.78, 5) is 8.26. The van der Waals surface area contributed by atoms with Crippen LogP contribution in [0.3, 0.4) is 0 Å². The van der Waals surface area contributed by atoms with Crippen molar-refractivity contribution in [3.63, 3.8) is 0 Å². The minimum Gasteiger partial charge on any atom is -0.387 e. The van der Waals surface area contributed by atoms with E-state index in [4.69, 9.17) is 0 Å². The Bertz CT molecular complexity index is 1030. The maximum Gasteiger partial charge on any atom is 0.244 e. The molecule has 0 saturated heterocycles. The van der Waals surface area contributed by atoms with Gasteiger partial charge in [-0.15, -0.1) is 0 Å². The number of nitrogens with zero attached hydrogens (tertiary/aromatic N) is 3. The molecular weight excluding hydrogens is 362 g/mol. The number of aromatic nitrogens is 2. The summed E-state index contributed by atoms with van der Waals surface area (Å²) in [5.74, 6) is 0. The molecule has 0 amide bonds. The molecule has 3 aromatic rings. The average Bonchev–Trinajstić information content (AvgIpc) is 2.71. The lowest BCUT2D eigenvalue weighted by atomic mass is 9.96. The Labute approximate surface area is 158 Å². The molecule has 1 aliphatic heterocycles. The summed E-state index contributed by atoms with van der Waals surface area (Å²) in [6.45, 7) is 0.168. The van der Waals surface area contributed by atoms with Crippen molar-refractivity contribution in [3.05, 3.63) is 90.0 Å². The summed E-state index contributed by atoms with van der Waals surface area (Å²) in [6, 6.07) is 13.3. The predicted molar refractivity (Wildman–Crippen MR) is 100 cm³/mol. The molecule has 3 heterocycles. The number of aliphatic hydroxyl groups excluding tert-OH is 1. The molecule has 0 fully saturated rings. The summed E-state index contributed by atoms with van der Waals surface area (Å²) in [5, 5.41) is 11.0. The van der Waals surface area contributed by atoms with Crippen LogP contribution >= 0.6 is 0 Å². The normalized spacial score (nSPS) is 21.5. The Morgan fingerprint density at radius 3 is 2.44 bits per heavy atom. The molecule has 1 N–H and O–H groups in total. The van der Waals surface area contributed by atoms with E-state index < -0.39 is 22.2 Å². The number of pyridine rings is 2. The van der Waals surface area contributed by atoms with Crippen molar-refractivity contribution in [2.45, 2.75) is 30.0 Å². The second-order valence-electron chi connectivity index (χ2n) is 6.52. The summed E-state index contributed by atoms with van der Waals surface area (Å²) in [6.07, 6.45) is 6.07. The first-order chi connectivity index (χ1) is 13.1. The maximum atomic E-state index is 13.3. The lowest BCUT2D eigenvalue weighted by Crippen LogP contribution is -2.48.